The molecule has 1 aromatic carbocycles. The fourth-order valence-corrected chi connectivity index (χ4v) is 3.35. The largest absolute Gasteiger partial charge is 0.496 e. The topological polar surface area (TPSA) is 77.5 Å². The van der Waals surface area contributed by atoms with E-state index in [-0.39, 0.29) is 29.1 Å². The molecule has 0 atom stereocenters. The zero-order valence-corrected chi connectivity index (χ0v) is 17.2. The lowest BCUT2D eigenvalue weighted by atomic mass is 10.1. The summed E-state index contributed by atoms with van der Waals surface area (Å²) in [4.78, 5) is 19.0. The number of aryl methyl sites for hydroxylation is 1. The highest BCUT2D eigenvalue weighted by Crippen LogP contribution is 2.32. The predicted octanol–water partition coefficient (Wildman–Crippen LogP) is 3.35. The number of alkyl halides is 2. The molecule has 0 aliphatic rings. The maximum Gasteiger partial charge on any atom is 0.280 e. The van der Waals surface area contributed by atoms with Gasteiger partial charge in [-0.3, -0.25) is 9.48 Å². The Morgan fingerprint density at radius 2 is 2.03 bits per heavy atom. The van der Waals surface area contributed by atoms with Crippen molar-refractivity contribution in [3.05, 3.63) is 65.7 Å². The minimum absolute atomic E-state index is 0.0524. The second-order valence-electron chi connectivity index (χ2n) is 7.00. The SMILES string of the molecule is COc1ccccc1-c1cc(C(F)F)n2ncc(C(=O)N(C)Cc3ccn(C)n3)c2n1. The van der Waals surface area contributed by atoms with Gasteiger partial charge in [-0.2, -0.15) is 10.2 Å². The summed E-state index contributed by atoms with van der Waals surface area (Å²) in [5.41, 5.74) is 1.31. The van der Waals surface area contributed by atoms with Crippen molar-refractivity contribution in [2.75, 3.05) is 14.2 Å². The Kier molecular flexibility index (Phi) is 5.37. The first-order valence-corrected chi connectivity index (χ1v) is 9.43. The number of ether oxygens (including phenoxy) is 1. The normalized spacial score (nSPS) is 11.3. The molecule has 160 valence electrons. The summed E-state index contributed by atoms with van der Waals surface area (Å²) in [5.74, 6) is 0.0878. The van der Waals surface area contributed by atoms with Gasteiger partial charge in [0.25, 0.3) is 12.3 Å². The number of rotatable bonds is 6. The lowest BCUT2D eigenvalue weighted by Crippen LogP contribution is -2.26. The average molecular weight is 426 g/mol. The first-order valence-electron chi connectivity index (χ1n) is 9.43. The van der Waals surface area contributed by atoms with Crippen LogP contribution in [-0.4, -0.2) is 49.3 Å². The summed E-state index contributed by atoms with van der Waals surface area (Å²) >= 11 is 0. The number of carbonyl (C=O) groups is 1. The van der Waals surface area contributed by atoms with E-state index in [1.54, 1.807) is 55.3 Å². The third kappa shape index (κ3) is 3.83. The van der Waals surface area contributed by atoms with Gasteiger partial charge in [0.15, 0.2) is 5.65 Å². The molecule has 4 aromatic rings. The van der Waals surface area contributed by atoms with Gasteiger partial charge >= 0.3 is 0 Å². The molecule has 3 heterocycles. The van der Waals surface area contributed by atoms with Crippen LogP contribution in [0.15, 0.2) is 48.8 Å². The van der Waals surface area contributed by atoms with Crippen LogP contribution in [0.5, 0.6) is 5.75 Å². The molecule has 10 heteroatoms. The van der Waals surface area contributed by atoms with Crippen LogP contribution in [0.1, 0.15) is 28.2 Å². The quantitative estimate of drug-likeness (QED) is 0.473. The molecule has 31 heavy (non-hydrogen) atoms. The number of fused-ring (bicyclic) bond motifs is 1. The first kappa shape index (κ1) is 20.5. The number of hydrogen-bond acceptors (Lipinski definition) is 5. The smallest absolute Gasteiger partial charge is 0.280 e. The number of benzene rings is 1. The van der Waals surface area contributed by atoms with Gasteiger partial charge in [0.2, 0.25) is 0 Å². The van der Waals surface area contributed by atoms with Crippen LogP contribution in [0.3, 0.4) is 0 Å². The molecule has 0 aliphatic heterocycles. The van der Waals surface area contributed by atoms with E-state index in [1.165, 1.54) is 24.3 Å². The van der Waals surface area contributed by atoms with Crippen LogP contribution in [0.2, 0.25) is 0 Å². The van der Waals surface area contributed by atoms with Crippen LogP contribution in [0.4, 0.5) is 8.78 Å². The highest BCUT2D eigenvalue weighted by Gasteiger charge is 2.24. The Morgan fingerprint density at radius 1 is 1.26 bits per heavy atom. The zero-order chi connectivity index (χ0) is 22.1. The number of methoxy groups -OCH3 is 1. The molecule has 0 saturated carbocycles. The van der Waals surface area contributed by atoms with Gasteiger partial charge in [-0.05, 0) is 24.3 Å². The maximum atomic E-state index is 13.8. The fraction of sp³-hybridized carbons (Fsp3) is 0.238. The summed E-state index contributed by atoms with van der Waals surface area (Å²) in [7, 11) is 4.89. The van der Waals surface area contributed by atoms with E-state index >= 15 is 0 Å². The molecule has 0 aliphatic carbocycles. The highest BCUT2D eigenvalue weighted by atomic mass is 19.3. The van der Waals surface area contributed by atoms with Crippen molar-refractivity contribution in [1.29, 1.82) is 0 Å². The second kappa shape index (κ2) is 8.13. The monoisotopic (exact) mass is 426 g/mol. The molecule has 8 nitrogen and oxygen atoms in total. The van der Waals surface area contributed by atoms with Crippen LogP contribution in [-0.2, 0) is 13.6 Å². The zero-order valence-electron chi connectivity index (χ0n) is 17.2. The summed E-state index contributed by atoms with van der Waals surface area (Å²) in [6.45, 7) is 0.255. The molecule has 0 radical (unpaired) electrons. The minimum atomic E-state index is -2.81. The van der Waals surface area contributed by atoms with Gasteiger partial charge in [-0.1, -0.05) is 12.1 Å². The third-order valence-electron chi connectivity index (χ3n) is 4.85. The second-order valence-corrected chi connectivity index (χ2v) is 7.00. The van der Waals surface area contributed by atoms with Crippen molar-refractivity contribution in [2.45, 2.75) is 13.0 Å². The van der Waals surface area contributed by atoms with Crippen molar-refractivity contribution in [1.82, 2.24) is 29.3 Å². The standard InChI is InChI=1S/C21H20F2N6O2/c1-27(12-13-8-9-28(2)26-13)21(30)15-11-24-29-17(19(22)23)10-16(25-20(15)29)14-6-4-5-7-18(14)31-3/h4-11,19H,12H2,1-3H3. The number of aromatic nitrogens is 5. The van der Waals surface area contributed by atoms with E-state index in [4.69, 9.17) is 4.74 Å². The molecule has 0 fully saturated rings. The summed E-state index contributed by atoms with van der Waals surface area (Å²) < 4.78 is 35.6. The van der Waals surface area contributed by atoms with E-state index in [2.05, 4.69) is 15.2 Å². The molecule has 4 rings (SSSR count). The van der Waals surface area contributed by atoms with Crippen molar-refractivity contribution in [3.63, 3.8) is 0 Å². The maximum absolute atomic E-state index is 13.8. The Balaban J connectivity index is 1.80. The van der Waals surface area contributed by atoms with Crippen molar-refractivity contribution < 1.29 is 18.3 Å². The van der Waals surface area contributed by atoms with E-state index in [0.717, 1.165) is 4.52 Å². The highest BCUT2D eigenvalue weighted by molar-refractivity contribution is 5.99. The number of halogens is 2. The number of hydrogen-bond donors (Lipinski definition) is 0. The minimum Gasteiger partial charge on any atom is -0.496 e. The van der Waals surface area contributed by atoms with Crippen molar-refractivity contribution in [2.24, 2.45) is 7.05 Å². The molecule has 0 bridgehead atoms. The van der Waals surface area contributed by atoms with Crippen molar-refractivity contribution in [3.8, 4) is 17.0 Å². The summed E-state index contributed by atoms with van der Waals surface area (Å²) in [5, 5.41) is 8.27. The van der Waals surface area contributed by atoms with E-state index in [0.29, 0.717) is 17.0 Å². The Bertz CT molecular complexity index is 1250. The van der Waals surface area contributed by atoms with Gasteiger partial charge in [0.05, 0.1) is 31.2 Å². The lowest BCUT2D eigenvalue weighted by Gasteiger charge is -2.15. The Hall–Kier alpha value is -3.82. The number of carbonyl (C=O) groups excluding carboxylic acids is 1. The Labute approximate surface area is 176 Å². The lowest BCUT2D eigenvalue weighted by molar-refractivity contribution is 0.0784. The third-order valence-corrected chi connectivity index (χ3v) is 4.85. The fourth-order valence-electron chi connectivity index (χ4n) is 3.35. The molecular formula is C21H20F2N6O2. The molecule has 3 aromatic heterocycles. The van der Waals surface area contributed by atoms with Gasteiger partial charge in [0, 0.05) is 25.9 Å². The molecule has 0 saturated heterocycles. The Morgan fingerprint density at radius 3 is 2.71 bits per heavy atom. The van der Waals surface area contributed by atoms with E-state index in [9.17, 15) is 13.6 Å². The van der Waals surface area contributed by atoms with Crippen LogP contribution in [0, 0.1) is 0 Å². The van der Waals surface area contributed by atoms with Crippen LogP contribution < -0.4 is 4.74 Å². The van der Waals surface area contributed by atoms with Crippen molar-refractivity contribution >= 4 is 11.6 Å². The summed E-state index contributed by atoms with van der Waals surface area (Å²) in [6.07, 6.45) is 0.226. The predicted molar refractivity (Wildman–Crippen MR) is 109 cm³/mol. The van der Waals surface area contributed by atoms with Crippen LogP contribution >= 0.6 is 0 Å². The first-order chi connectivity index (χ1) is 14.9. The van der Waals surface area contributed by atoms with E-state index in [1.807, 2.05) is 0 Å². The summed E-state index contributed by atoms with van der Waals surface area (Å²) in [6, 6.07) is 10.0. The molecule has 0 N–H and O–H groups in total. The molecular weight excluding hydrogens is 406 g/mol. The van der Waals surface area contributed by atoms with Crippen LogP contribution in [0.25, 0.3) is 16.9 Å². The van der Waals surface area contributed by atoms with Gasteiger partial charge in [-0.15, -0.1) is 0 Å². The van der Waals surface area contributed by atoms with Gasteiger partial charge in [-0.25, -0.2) is 18.3 Å². The number of amides is 1. The number of nitrogens with zero attached hydrogens (tertiary/aromatic N) is 6. The molecule has 1 amide bonds. The molecule has 0 spiro atoms. The average Bonchev–Trinajstić information content (AvgIpc) is 3.38. The van der Waals surface area contributed by atoms with Gasteiger partial charge in [0.1, 0.15) is 17.0 Å². The molecule has 0 unspecified atom stereocenters. The number of para-hydroxylation sites is 1. The van der Waals surface area contributed by atoms with E-state index < -0.39 is 12.3 Å². The van der Waals surface area contributed by atoms with Gasteiger partial charge < -0.3 is 9.64 Å².